The maximum absolute atomic E-state index is 9.79. The van der Waals surface area contributed by atoms with Crippen molar-refractivity contribution < 1.29 is 19.5 Å². The smallest absolute Gasteiger partial charge is 0.135 e. The summed E-state index contributed by atoms with van der Waals surface area (Å²) in [6.45, 7) is 0. The van der Waals surface area contributed by atoms with Crippen molar-refractivity contribution in [2.45, 2.75) is 0 Å². The molecule has 0 N–H and O–H groups in total. The van der Waals surface area contributed by atoms with Crippen molar-refractivity contribution in [3.05, 3.63) is 170 Å². The van der Waals surface area contributed by atoms with E-state index in [9.17, 15) is 5.48 Å². The van der Waals surface area contributed by atoms with Gasteiger partial charge in [0.05, 0.1) is 15.1 Å². The van der Waals surface area contributed by atoms with E-state index in [1.165, 1.54) is 0 Å². The van der Waals surface area contributed by atoms with Crippen molar-refractivity contribution in [1.29, 1.82) is 0 Å². The highest BCUT2D eigenvalue weighted by Crippen LogP contribution is 2.46. The Kier molecular flexibility index (Phi) is 3.87. The van der Waals surface area contributed by atoms with Crippen molar-refractivity contribution in [2.75, 3.05) is 0 Å². The van der Waals surface area contributed by atoms with Crippen molar-refractivity contribution in [3.63, 3.8) is 0 Å². The van der Waals surface area contributed by atoms with Crippen LogP contribution in [0.4, 0.5) is 0 Å². The zero-order valence-electron chi connectivity index (χ0n) is 34.7. The van der Waals surface area contributed by atoms with Crippen LogP contribution in [0.2, 0.25) is 0 Å². The molecule has 0 unspecified atom stereocenters. The molecule has 0 radical (unpaired) electrons. The molecule has 0 atom stereocenters. The van der Waals surface area contributed by atoms with Gasteiger partial charge in [-0.1, -0.05) is 145 Å². The van der Waals surface area contributed by atoms with Gasteiger partial charge in [-0.25, -0.2) is 0 Å². The van der Waals surface area contributed by atoms with E-state index in [1.54, 1.807) is 0 Å². The molecule has 0 aliphatic heterocycles. The summed E-state index contributed by atoms with van der Waals surface area (Å²) in [4.78, 5) is 0. The standard InChI is InChI=1S/C44H28O/c1-3-13-29(14-4-1)31-23-25-41-39(27-31)40-28-32(24-26-42(40)45-41)43-35-19-9-11-21-37(35)44(38-22-12-10-20-36(38)43)34-18-8-7-17-33(34)30-15-5-2-6-16-30/h1-28H/i1D,3D,4D,13D,14D,23D,24D,25D,26D,27D,28D. The third-order valence-corrected chi connectivity index (χ3v) is 8.22. The highest BCUT2D eigenvalue weighted by Gasteiger charge is 2.19. The molecule has 210 valence electrons. The van der Waals surface area contributed by atoms with E-state index >= 15 is 0 Å². The number of rotatable bonds is 4. The fourth-order valence-corrected chi connectivity index (χ4v) is 6.28. The average molecular weight is 584 g/mol. The first-order valence-electron chi connectivity index (χ1n) is 20.1. The van der Waals surface area contributed by atoms with Gasteiger partial charge < -0.3 is 4.42 Å². The fraction of sp³-hybridized carbons (Fsp3) is 0. The van der Waals surface area contributed by atoms with Crippen molar-refractivity contribution in [3.8, 4) is 44.5 Å². The number of hydrogen-bond acceptors (Lipinski definition) is 1. The van der Waals surface area contributed by atoms with Crippen LogP contribution in [-0.4, -0.2) is 0 Å². The molecular weight excluding hydrogens is 544 g/mol. The van der Waals surface area contributed by atoms with Gasteiger partial charge in [-0.3, -0.25) is 0 Å². The highest BCUT2D eigenvalue weighted by molar-refractivity contribution is 6.23. The monoisotopic (exact) mass is 583 g/mol. The molecule has 8 aromatic carbocycles. The fourth-order valence-electron chi connectivity index (χ4n) is 6.28. The minimum atomic E-state index is -0.659. The highest BCUT2D eigenvalue weighted by atomic mass is 16.3. The quantitative estimate of drug-likeness (QED) is 0.188. The third kappa shape index (κ3) is 4.17. The lowest BCUT2D eigenvalue weighted by molar-refractivity contribution is 0.669. The van der Waals surface area contributed by atoms with E-state index in [2.05, 4.69) is 24.3 Å². The lowest BCUT2D eigenvalue weighted by atomic mass is 9.83. The minimum Gasteiger partial charge on any atom is -0.456 e. The zero-order chi connectivity index (χ0) is 39.3. The first-order valence-corrected chi connectivity index (χ1v) is 14.6. The zero-order valence-corrected chi connectivity index (χ0v) is 23.7. The van der Waals surface area contributed by atoms with Crippen LogP contribution in [0.1, 0.15) is 15.1 Å². The number of fused-ring (bicyclic) bond motifs is 5. The van der Waals surface area contributed by atoms with Gasteiger partial charge in [0.1, 0.15) is 11.2 Å². The topological polar surface area (TPSA) is 13.1 Å². The molecule has 0 saturated carbocycles. The predicted molar refractivity (Wildman–Crippen MR) is 190 cm³/mol. The van der Waals surface area contributed by atoms with Gasteiger partial charge >= 0.3 is 0 Å². The number of furan rings is 1. The van der Waals surface area contributed by atoms with Crippen LogP contribution in [0, 0.1) is 0 Å². The Bertz CT molecular complexity index is 3070. The van der Waals surface area contributed by atoms with Crippen LogP contribution in [-0.2, 0) is 0 Å². The van der Waals surface area contributed by atoms with Gasteiger partial charge in [-0.05, 0) is 90.2 Å². The van der Waals surface area contributed by atoms with Crippen LogP contribution in [0.25, 0.3) is 88.0 Å². The van der Waals surface area contributed by atoms with Crippen LogP contribution >= 0.6 is 0 Å². The lowest BCUT2D eigenvalue weighted by Crippen LogP contribution is -1.92. The van der Waals surface area contributed by atoms with E-state index < -0.39 is 53.9 Å². The average Bonchev–Trinajstić information content (AvgIpc) is 3.64. The van der Waals surface area contributed by atoms with Crippen LogP contribution in [0.5, 0.6) is 0 Å². The molecule has 45 heavy (non-hydrogen) atoms. The lowest BCUT2D eigenvalue weighted by Gasteiger charge is -2.19. The normalized spacial score (nSPS) is 15.0. The van der Waals surface area contributed by atoms with Crippen molar-refractivity contribution in [1.82, 2.24) is 0 Å². The molecule has 0 spiro atoms. The van der Waals surface area contributed by atoms with Crippen molar-refractivity contribution >= 4 is 43.5 Å². The third-order valence-electron chi connectivity index (χ3n) is 8.22. The predicted octanol–water partition coefficient (Wildman–Crippen LogP) is 12.6. The van der Waals surface area contributed by atoms with Crippen LogP contribution < -0.4 is 0 Å². The molecule has 1 heteroatoms. The summed E-state index contributed by atoms with van der Waals surface area (Å²) >= 11 is 0. The van der Waals surface area contributed by atoms with Gasteiger partial charge in [0.25, 0.3) is 0 Å². The van der Waals surface area contributed by atoms with Gasteiger partial charge in [-0.2, -0.15) is 0 Å². The van der Waals surface area contributed by atoms with Gasteiger partial charge in [-0.15, -0.1) is 0 Å². The van der Waals surface area contributed by atoms with E-state index in [0.717, 1.165) is 43.8 Å². The first-order chi connectivity index (χ1) is 26.9. The summed E-state index contributed by atoms with van der Waals surface area (Å²) in [6.07, 6.45) is 0. The summed E-state index contributed by atoms with van der Waals surface area (Å²) in [5.41, 5.74) is 3.33. The van der Waals surface area contributed by atoms with Gasteiger partial charge in [0.2, 0.25) is 0 Å². The molecule has 0 bridgehead atoms. The molecule has 9 rings (SSSR count). The Morgan fingerprint density at radius 3 is 1.51 bits per heavy atom. The molecule has 1 aromatic heterocycles. The molecule has 1 nitrogen and oxygen atoms in total. The van der Waals surface area contributed by atoms with Crippen molar-refractivity contribution in [2.24, 2.45) is 0 Å². The van der Waals surface area contributed by atoms with E-state index in [1.807, 2.05) is 78.9 Å². The first kappa shape index (κ1) is 16.8. The van der Waals surface area contributed by atoms with Crippen LogP contribution in [0.15, 0.2) is 174 Å². The molecule has 0 aliphatic rings. The SMILES string of the molecule is [2H]c1c([2H])c([2H])c(-c2c([2H])c([2H])c3oc4c([2H])c([2H])c(-c5c6ccccc6c(-c6ccccc6-c6ccccc6)c6ccccc56)c([2H])c4c3c2[2H])c([2H])c1[2H]. The number of hydrogen-bond donors (Lipinski definition) is 0. The molecule has 0 saturated heterocycles. The second-order valence-corrected chi connectivity index (χ2v) is 10.8. The molecule has 9 aromatic rings. The Balaban J connectivity index is 1.42. The molecule has 0 amide bonds. The number of benzene rings is 8. The second-order valence-electron chi connectivity index (χ2n) is 10.8. The summed E-state index contributed by atoms with van der Waals surface area (Å²) in [7, 11) is 0. The van der Waals surface area contributed by atoms with E-state index in [4.69, 9.17) is 14.0 Å². The Hall–Kier alpha value is -5.92. The Morgan fingerprint density at radius 2 is 0.867 bits per heavy atom. The van der Waals surface area contributed by atoms with Gasteiger partial charge in [0, 0.05) is 10.8 Å². The molecular formula is C44H28O. The van der Waals surface area contributed by atoms with E-state index in [0.29, 0.717) is 5.56 Å². The largest absolute Gasteiger partial charge is 0.456 e. The minimum absolute atomic E-state index is 0.0465. The van der Waals surface area contributed by atoms with Gasteiger partial charge in [0.15, 0.2) is 0 Å². The summed E-state index contributed by atoms with van der Waals surface area (Å²) < 4.78 is 103. The molecule has 0 fully saturated rings. The molecule has 1 heterocycles. The Labute approximate surface area is 277 Å². The van der Waals surface area contributed by atoms with E-state index in [-0.39, 0.29) is 51.2 Å². The maximum Gasteiger partial charge on any atom is 0.135 e. The Morgan fingerprint density at radius 1 is 0.356 bits per heavy atom. The maximum atomic E-state index is 9.79. The summed E-state index contributed by atoms with van der Waals surface area (Å²) in [6, 6.07) is 27.9. The summed E-state index contributed by atoms with van der Waals surface area (Å²) in [5, 5.41) is 2.98. The summed E-state index contributed by atoms with van der Waals surface area (Å²) in [5.74, 6) is 0. The molecule has 0 aliphatic carbocycles. The second kappa shape index (κ2) is 10.4. The van der Waals surface area contributed by atoms with Crippen LogP contribution in [0.3, 0.4) is 0 Å².